The first-order valence-electron chi connectivity index (χ1n) is 8.06. The number of carbonyl (C=O) groups excluding carboxylic acids is 1. The predicted octanol–water partition coefficient (Wildman–Crippen LogP) is 3.86. The zero-order chi connectivity index (χ0) is 19.1. The molecule has 7 nitrogen and oxygen atoms in total. The van der Waals surface area contributed by atoms with Crippen molar-refractivity contribution in [3.8, 4) is 5.75 Å². The third kappa shape index (κ3) is 4.73. The quantitative estimate of drug-likeness (QED) is 0.253. The second-order valence-corrected chi connectivity index (χ2v) is 6.29. The number of hydrogen-bond acceptors (Lipinski definition) is 8. The molecule has 8 heteroatoms. The van der Waals surface area contributed by atoms with Gasteiger partial charge in [-0.25, -0.2) is 9.97 Å². The number of hydrogen-bond donors (Lipinski definition) is 0. The Morgan fingerprint density at radius 1 is 1.22 bits per heavy atom. The van der Waals surface area contributed by atoms with Gasteiger partial charge < -0.3 is 4.74 Å². The van der Waals surface area contributed by atoms with Crippen molar-refractivity contribution in [2.24, 2.45) is 5.18 Å². The van der Waals surface area contributed by atoms with Gasteiger partial charge in [-0.1, -0.05) is 35.1 Å². The molecule has 1 unspecified atom stereocenters. The van der Waals surface area contributed by atoms with Crippen LogP contribution in [-0.2, 0) is 6.61 Å². The Hall–Kier alpha value is -3.13. The molecule has 136 valence electrons. The summed E-state index contributed by atoms with van der Waals surface area (Å²) in [4.78, 5) is 36.4. The van der Waals surface area contributed by atoms with Crippen LogP contribution in [0.2, 0.25) is 0 Å². The summed E-state index contributed by atoms with van der Waals surface area (Å²) in [5.74, 6) is 0.0735. The van der Waals surface area contributed by atoms with Gasteiger partial charge in [0.15, 0.2) is 17.0 Å². The number of nitroso groups, excluding NO2 is 1. The molecule has 0 amide bonds. The highest BCUT2D eigenvalue weighted by atomic mass is 32.2. The molecule has 0 aliphatic heterocycles. The van der Waals surface area contributed by atoms with E-state index in [0.717, 1.165) is 5.56 Å². The highest BCUT2D eigenvalue weighted by Crippen LogP contribution is 2.24. The van der Waals surface area contributed by atoms with Gasteiger partial charge in [0.25, 0.3) is 0 Å². The van der Waals surface area contributed by atoms with Gasteiger partial charge >= 0.3 is 0 Å². The van der Waals surface area contributed by atoms with E-state index in [1.165, 1.54) is 24.0 Å². The molecule has 0 bridgehead atoms. The van der Waals surface area contributed by atoms with Crippen molar-refractivity contribution >= 4 is 17.5 Å². The van der Waals surface area contributed by atoms with E-state index in [0.29, 0.717) is 23.1 Å². The average Bonchev–Trinajstić information content (AvgIpc) is 2.74. The van der Waals surface area contributed by atoms with Crippen LogP contribution in [-0.4, -0.2) is 27.0 Å². The van der Waals surface area contributed by atoms with Crippen LogP contribution in [0.1, 0.15) is 27.7 Å². The second-order valence-electron chi connectivity index (χ2n) is 5.52. The molecule has 0 saturated carbocycles. The predicted molar refractivity (Wildman–Crippen MR) is 102 cm³/mol. The van der Waals surface area contributed by atoms with Crippen LogP contribution in [0, 0.1) is 4.91 Å². The van der Waals surface area contributed by atoms with E-state index in [-0.39, 0.29) is 5.69 Å². The number of aromatic nitrogens is 3. The second kappa shape index (κ2) is 9.00. The van der Waals surface area contributed by atoms with Crippen LogP contribution in [0.4, 0.5) is 0 Å². The SMILES string of the molecule is CSc1nccc(C(N=O)C(=O)c2cccc(OCc3cccnc3)c2)n1. The molecule has 1 aromatic carbocycles. The Balaban J connectivity index is 1.78. The molecule has 27 heavy (non-hydrogen) atoms. The monoisotopic (exact) mass is 380 g/mol. The van der Waals surface area contributed by atoms with Gasteiger partial charge in [0.2, 0.25) is 0 Å². The Kier molecular flexibility index (Phi) is 6.22. The van der Waals surface area contributed by atoms with Crippen LogP contribution < -0.4 is 4.74 Å². The summed E-state index contributed by atoms with van der Waals surface area (Å²) in [6.45, 7) is 0.323. The molecule has 0 aliphatic rings. The minimum atomic E-state index is -1.23. The first-order valence-corrected chi connectivity index (χ1v) is 9.29. The van der Waals surface area contributed by atoms with Crippen LogP contribution in [0.25, 0.3) is 0 Å². The Morgan fingerprint density at radius 3 is 2.85 bits per heavy atom. The number of ether oxygens (including phenoxy) is 1. The van der Waals surface area contributed by atoms with Crippen LogP contribution in [0.3, 0.4) is 0 Å². The zero-order valence-corrected chi connectivity index (χ0v) is 15.3. The van der Waals surface area contributed by atoms with Gasteiger partial charge in [-0.15, -0.1) is 4.91 Å². The van der Waals surface area contributed by atoms with Crippen LogP contribution in [0.15, 0.2) is 71.4 Å². The van der Waals surface area contributed by atoms with Gasteiger partial charge in [0, 0.05) is 29.7 Å². The van der Waals surface area contributed by atoms with E-state index in [1.807, 2.05) is 18.4 Å². The molecule has 0 radical (unpaired) electrons. The normalized spacial score (nSPS) is 11.6. The molecule has 2 heterocycles. The molecule has 0 spiro atoms. The van der Waals surface area contributed by atoms with Gasteiger partial charge in [-0.2, -0.15) is 0 Å². The van der Waals surface area contributed by atoms with E-state index in [2.05, 4.69) is 20.1 Å². The van der Waals surface area contributed by atoms with Gasteiger partial charge in [-0.3, -0.25) is 9.78 Å². The van der Waals surface area contributed by atoms with Crippen molar-refractivity contribution in [2.75, 3.05) is 6.26 Å². The van der Waals surface area contributed by atoms with Crippen molar-refractivity contribution in [1.82, 2.24) is 15.0 Å². The number of nitrogens with zero attached hydrogens (tertiary/aromatic N) is 4. The lowest BCUT2D eigenvalue weighted by atomic mass is 10.0. The number of carbonyl (C=O) groups is 1. The number of rotatable bonds is 8. The van der Waals surface area contributed by atoms with E-state index in [9.17, 15) is 9.70 Å². The lowest BCUT2D eigenvalue weighted by molar-refractivity contribution is 0.0959. The topological polar surface area (TPSA) is 94.4 Å². The molecule has 0 saturated heterocycles. The molecule has 1 atom stereocenters. The van der Waals surface area contributed by atoms with Crippen molar-refractivity contribution in [1.29, 1.82) is 0 Å². The van der Waals surface area contributed by atoms with Gasteiger partial charge in [-0.05, 0) is 30.5 Å². The minimum absolute atomic E-state index is 0.274. The number of ketones is 1. The third-order valence-electron chi connectivity index (χ3n) is 3.72. The Bertz CT molecular complexity index is 937. The number of pyridine rings is 1. The smallest absolute Gasteiger partial charge is 0.197 e. The summed E-state index contributed by atoms with van der Waals surface area (Å²) >= 11 is 1.32. The third-order valence-corrected chi connectivity index (χ3v) is 4.28. The van der Waals surface area contributed by atoms with Crippen molar-refractivity contribution < 1.29 is 9.53 Å². The number of thioether (sulfide) groups is 1. The van der Waals surface area contributed by atoms with Crippen molar-refractivity contribution in [2.45, 2.75) is 17.8 Å². The van der Waals surface area contributed by atoms with E-state index in [4.69, 9.17) is 4.74 Å². The van der Waals surface area contributed by atoms with Gasteiger partial charge in [0.05, 0.1) is 5.69 Å². The molecular formula is C19H16N4O3S. The van der Waals surface area contributed by atoms with E-state index < -0.39 is 11.8 Å². The fourth-order valence-corrected chi connectivity index (χ4v) is 2.75. The van der Waals surface area contributed by atoms with Gasteiger partial charge in [0.1, 0.15) is 12.4 Å². The first-order chi connectivity index (χ1) is 13.2. The highest BCUT2D eigenvalue weighted by Gasteiger charge is 2.25. The lowest BCUT2D eigenvalue weighted by Gasteiger charge is -2.10. The van der Waals surface area contributed by atoms with E-state index >= 15 is 0 Å². The standard InChI is InChI=1S/C19H16N4O3S/c1-27-19-21-9-7-16(22-19)17(23-25)18(24)14-5-2-6-15(10-14)26-12-13-4-3-8-20-11-13/h2-11,17H,12H2,1H3. The van der Waals surface area contributed by atoms with Crippen LogP contribution in [0.5, 0.6) is 5.75 Å². The zero-order valence-electron chi connectivity index (χ0n) is 14.5. The lowest BCUT2D eigenvalue weighted by Crippen LogP contribution is -2.13. The van der Waals surface area contributed by atoms with E-state index in [1.54, 1.807) is 36.7 Å². The fourth-order valence-electron chi connectivity index (χ4n) is 2.39. The largest absolute Gasteiger partial charge is 0.489 e. The van der Waals surface area contributed by atoms with Crippen molar-refractivity contribution in [3.05, 3.63) is 82.8 Å². The van der Waals surface area contributed by atoms with Crippen molar-refractivity contribution in [3.63, 3.8) is 0 Å². The molecule has 3 aromatic rings. The summed E-state index contributed by atoms with van der Waals surface area (Å²) < 4.78 is 5.71. The molecule has 3 rings (SSSR count). The summed E-state index contributed by atoms with van der Waals surface area (Å²) in [6.07, 6.45) is 6.71. The molecule has 0 fully saturated rings. The summed E-state index contributed by atoms with van der Waals surface area (Å²) in [5.41, 5.74) is 1.51. The maximum atomic E-state index is 12.8. The molecule has 2 aromatic heterocycles. The Morgan fingerprint density at radius 2 is 2.11 bits per heavy atom. The molecular weight excluding hydrogens is 364 g/mol. The molecule has 0 aliphatic carbocycles. The first kappa shape index (κ1) is 18.7. The summed E-state index contributed by atoms with van der Waals surface area (Å²) in [6, 6.07) is 10.7. The summed E-state index contributed by atoms with van der Waals surface area (Å²) in [7, 11) is 0. The Labute approximate surface area is 160 Å². The maximum Gasteiger partial charge on any atom is 0.197 e. The van der Waals surface area contributed by atoms with Crippen LogP contribution >= 0.6 is 11.8 Å². The highest BCUT2D eigenvalue weighted by molar-refractivity contribution is 7.98. The maximum absolute atomic E-state index is 12.8. The molecule has 0 N–H and O–H groups in total. The number of Topliss-reactive ketones (excluding diaryl/α,β-unsaturated/α-hetero) is 1. The minimum Gasteiger partial charge on any atom is -0.489 e. The average molecular weight is 380 g/mol. The number of benzene rings is 1. The fraction of sp³-hybridized carbons (Fsp3) is 0.158. The summed E-state index contributed by atoms with van der Waals surface area (Å²) in [5, 5.41) is 3.46.